The number of methoxy groups -OCH3 is 1. The Morgan fingerprint density at radius 2 is 1.76 bits per heavy atom. The molecule has 1 heterocycles. The molecule has 2 aromatic rings. The van der Waals surface area contributed by atoms with Gasteiger partial charge in [0, 0.05) is 42.4 Å². The number of fused-ring (bicyclic) bond motifs is 3. The molecule has 0 unspecified atom stereocenters. The van der Waals surface area contributed by atoms with Crippen molar-refractivity contribution in [3.05, 3.63) is 51.6 Å². The third-order valence-electron chi connectivity index (χ3n) is 9.29. The van der Waals surface area contributed by atoms with Crippen molar-refractivity contribution in [3.63, 3.8) is 0 Å². The van der Waals surface area contributed by atoms with Crippen LogP contribution in [-0.4, -0.2) is 99.7 Å². The highest BCUT2D eigenvalue weighted by Crippen LogP contribution is 2.52. The minimum Gasteiger partial charge on any atom is -0.507 e. The van der Waals surface area contributed by atoms with Crippen LogP contribution in [-0.2, 0) is 35.0 Å². The van der Waals surface area contributed by atoms with Gasteiger partial charge in [0.2, 0.25) is 11.6 Å². The van der Waals surface area contributed by atoms with Crippen LogP contribution in [0.2, 0.25) is 0 Å². The highest BCUT2D eigenvalue weighted by molar-refractivity contribution is 6.31. The van der Waals surface area contributed by atoms with Gasteiger partial charge < -0.3 is 44.7 Å². The molecule has 0 saturated carbocycles. The standard InChI is InChI=1S/C34H36F3NO13/c1-4-5-9-21(40)49-13-20(39)33(47)11-16-24(19(12-33)51-22-10-17(27(41)14(2)50-22)38-32(46)34(35,36)37)31(45)26-25(29(16)43)28(42)15-7-6-8-18(48-3)23(15)30(26)44/h6-8,14,17,19,22,27,41,43,45,47H,4-5,9-13H2,1-3H3,(H,38,46)/t14-,17+,19+,22+,27-,33+/m1/s1. The van der Waals surface area contributed by atoms with E-state index in [1.165, 1.54) is 32.2 Å². The first-order valence-corrected chi connectivity index (χ1v) is 16.1. The first kappa shape index (κ1) is 37.7. The van der Waals surface area contributed by atoms with Crippen LogP contribution in [0.1, 0.15) is 95.0 Å². The van der Waals surface area contributed by atoms with E-state index in [0.717, 1.165) is 0 Å². The number of ether oxygens (including phenoxy) is 4. The number of phenolic OH excluding ortho intramolecular Hbond substituents is 2. The Bertz CT molecular complexity index is 1780. The molecular formula is C34H36F3NO13. The predicted octanol–water partition coefficient (Wildman–Crippen LogP) is 2.46. The van der Waals surface area contributed by atoms with Crippen LogP contribution in [0.25, 0.3) is 0 Å². The monoisotopic (exact) mass is 723 g/mol. The van der Waals surface area contributed by atoms with Crippen molar-refractivity contribution in [2.75, 3.05) is 13.7 Å². The molecule has 6 atom stereocenters. The second-order valence-corrected chi connectivity index (χ2v) is 12.7. The molecule has 1 amide bonds. The number of amides is 1. The van der Waals surface area contributed by atoms with E-state index in [0.29, 0.717) is 12.8 Å². The van der Waals surface area contributed by atoms with Crippen molar-refractivity contribution in [1.29, 1.82) is 0 Å². The van der Waals surface area contributed by atoms with Gasteiger partial charge >= 0.3 is 18.1 Å². The number of hydrogen-bond acceptors (Lipinski definition) is 13. The summed E-state index contributed by atoms with van der Waals surface area (Å²) >= 11 is 0. The van der Waals surface area contributed by atoms with E-state index >= 15 is 0 Å². The molecule has 17 heteroatoms. The third-order valence-corrected chi connectivity index (χ3v) is 9.29. The summed E-state index contributed by atoms with van der Waals surface area (Å²) in [4.78, 5) is 64.9. The molecule has 1 aliphatic heterocycles. The summed E-state index contributed by atoms with van der Waals surface area (Å²) in [7, 11) is 1.25. The first-order valence-electron chi connectivity index (χ1n) is 16.1. The Labute approximate surface area is 288 Å². The molecule has 0 aromatic heterocycles. The number of aliphatic hydroxyl groups excluding tert-OH is 1. The molecule has 0 spiro atoms. The Morgan fingerprint density at radius 1 is 1.08 bits per heavy atom. The fourth-order valence-corrected chi connectivity index (χ4v) is 6.64. The van der Waals surface area contributed by atoms with Crippen molar-refractivity contribution in [2.24, 2.45) is 0 Å². The van der Waals surface area contributed by atoms with Gasteiger partial charge in [-0.3, -0.25) is 24.0 Å². The van der Waals surface area contributed by atoms with Crippen LogP contribution in [0.4, 0.5) is 13.2 Å². The molecule has 5 rings (SSSR count). The topological polar surface area (TPSA) is 215 Å². The van der Waals surface area contributed by atoms with E-state index in [-0.39, 0.29) is 34.4 Å². The average Bonchev–Trinajstić information content (AvgIpc) is 3.07. The molecule has 1 saturated heterocycles. The summed E-state index contributed by atoms with van der Waals surface area (Å²) in [6, 6.07) is 2.58. The van der Waals surface area contributed by atoms with Gasteiger partial charge in [-0.05, 0) is 19.4 Å². The summed E-state index contributed by atoms with van der Waals surface area (Å²) in [5.74, 6) is -7.66. The van der Waals surface area contributed by atoms with Gasteiger partial charge in [0.1, 0.15) is 29.0 Å². The maximum absolute atomic E-state index is 13.9. The number of rotatable bonds is 10. The maximum Gasteiger partial charge on any atom is 0.471 e. The Kier molecular flexibility index (Phi) is 10.5. The molecule has 0 bridgehead atoms. The lowest BCUT2D eigenvalue weighted by atomic mass is 9.72. The molecule has 0 radical (unpaired) electrons. The maximum atomic E-state index is 13.9. The molecule has 3 aliphatic rings. The number of benzene rings is 2. The van der Waals surface area contributed by atoms with Gasteiger partial charge in [-0.15, -0.1) is 0 Å². The second kappa shape index (κ2) is 14.2. The number of alkyl halides is 3. The zero-order valence-corrected chi connectivity index (χ0v) is 27.7. The van der Waals surface area contributed by atoms with Gasteiger partial charge in [0.25, 0.3) is 0 Å². The molecule has 5 N–H and O–H groups in total. The average molecular weight is 724 g/mol. The van der Waals surface area contributed by atoms with E-state index in [1.807, 2.05) is 6.92 Å². The number of ketones is 3. The zero-order valence-electron chi connectivity index (χ0n) is 27.7. The van der Waals surface area contributed by atoms with Crippen LogP contribution in [0.15, 0.2) is 18.2 Å². The van der Waals surface area contributed by atoms with Crippen LogP contribution in [0.5, 0.6) is 17.2 Å². The van der Waals surface area contributed by atoms with E-state index < -0.39 is 120 Å². The highest BCUT2D eigenvalue weighted by atomic mass is 19.4. The quantitative estimate of drug-likeness (QED) is 0.150. The van der Waals surface area contributed by atoms with Gasteiger partial charge in [-0.25, -0.2) is 0 Å². The van der Waals surface area contributed by atoms with Gasteiger partial charge in [-0.2, -0.15) is 13.2 Å². The number of halogens is 3. The number of esters is 1. The largest absolute Gasteiger partial charge is 0.507 e. The smallest absolute Gasteiger partial charge is 0.471 e. The van der Waals surface area contributed by atoms with E-state index in [2.05, 4.69) is 0 Å². The fraction of sp³-hybridized carbons (Fsp3) is 0.500. The lowest BCUT2D eigenvalue weighted by Gasteiger charge is -2.43. The number of nitrogens with one attached hydrogen (secondary N) is 1. The zero-order chi connectivity index (χ0) is 37.6. The summed E-state index contributed by atoms with van der Waals surface area (Å²) in [5.41, 5.74) is -4.85. The van der Waals surface area contributed by atoms with Crippen molar-refractivity contribution < 1.29 is 76.5 Å². The highest BCUT2D eigenvalue weighted by Gasteiger charge is 2.51. The summed E-state index contributed by atoms with van der Waals surface area (Å²) in [6.45, 7) is 2.21. The summed E-state index contributed by atoms with van der Waals surface area (Å²) < 4.78 is 61.1. The van der Waals surface area contributed by atoms with Crippen molar-refractivity contribution >= 4 is 29.2 Å². The van der Waals surface area contributed by atoms with Gasteiger partial charge in [0.15, 0.2) is 18.7 Å². The SMILES string of the molecule is CCCCC(=O)OCC(=O)[C@]1(O)Cc2c(O)c3c(c(O)c2[C@@H](O[C@H]2C[C@H](NC(=O)C(F)(F)F)[C@H](O)[C@@H](C)O2)C1)C(=O)c1c(OC)cccc1C3=O. The van der Waals surface area contributed by atoms with Crippen LogP contribution < -0.4 is 10.1 Å². The Morgan fingerprint density at radius 3 is 2.41 bits per heavy atom. The van der Waals surface area contributed by atoms with Crippen LogP contribution in [0.3, 0.4) is 0 Å². The number of carbonyl (C=O) groups excluding carboxylic acids is 5. The molecular weight excluding hydrogens is 687 g/mol. The molecule has 276 valence electrons. The van der Waals surface area contributed by atoms with E-state index in [9.17, 15) is 57.6 Å². The van der Waals surface area contributed by atoms with Crippen LogP contribution >= 0.6 is 0 Å². The molecule has 2 aromatic carbocycles. The number of Topliss-reactive ketones (excluding diaryl/α,β-unsaturated/α-hetero) is 1. The van der Waals surface area contributed by atoms with E-state index in [1.54, 1.807) is 5.32 Å². The number of unbranched alkanes of at least 4 members (excludes halogenated alkanes) is 1. The third kappa shape index (κ3) is 7.02. The normalized spacial score (nSPS) is 25.7. The lowest BCUT2D eigenvalue weighted by Crippen LogP contribution is -2.57. The summed E-state index contributed by atoms with van der Waals surface area (Å²) in [6.07, 6.45) is -12.3. The Balaban J connectivity index is 1.58. The molecule has 1 fully saturated rings. The minimum atomic E-state index is -5.29. The van der Waals surface area contributed by atoms with Crippen molar-refractivity contribution in [2.45, 2.75) is 94.8 Å². The van der Waals surface area contributed by atoms with Crippen molar-refractivity contribution in [1.82, 2.24) is 5.32 Å². The number of hydrogen-bond donors (Lipinski definition) is 5. The van der Waals surface area contributed by atoms with Crippen LogP contribution in [0, 0.1) is 0 Å². The Hall–Kier alpha value is -4.58. The number of carbonyl (C=O) groups is 5. The minimum absolute atomic E-state index is 0.00489. The lowest BCUT2D eigenvalue weighted by molar-refractivity contribution is -0.250. The van der Waals surface area contributed by atoms with Gasteiger partial charge in [-0.1, -0.05) is 25.5 Å². The first-order chi connectivity index (χ1) is 23.9. The molecule has 14 nitrogen and oxygen atoms in total. The molecule has 2 aliphatic carbocycles. The van der Waals surface area contributed by atoms with Gasteiger partial charge in [0.05, 0.1) is 42.0 Å². The number of phenols is 2. The number of aromatic hydroxyl groups is 2. The number of aliphatic hydroxyl groups is 2. The molecule has 51 heavy (non-hydrogen) atoms. The summed E-state index contributed by atoms with van der Waals surface area (Å²) in [5, 5.41) is 47.2. The fourth-order valence-electron chi connectivity index (χ4n) is 6.64. The van der Waals surface area contributed by atoms with Crippen molar-refractivity contribution in [3.8, 4) is 17.2 Å². The second-order valence-electron chi connectivity index (χ2n) is 12.7. The van der Waals surface area contributed by atoms with E-state index in [4.69, 9.17) is 18.9 Å². The predicted molar refractivity (Wildman–Crippen MR) is 165 cm³/mol.